The molecule has 0 aromatic heterocycles. The second-order valence-corrected chi connectivity index (χ2v) is 13.1. The number of rotatable bonds is 5. The summed E-state index contributed by atoms with van der Waals surface area (Å²) in [6.45, 7) is 13.3. The minimum absolute atomic E-state index is 0.0152. The first-order chi connectivity index (χ1) is 15.5. The van der Waals surface area contributed by atoms with E-state index in [2.05, 4.69) is 34.6 Å². The van der Waals surface area contributed by atoms with Gasteiger partial charge in [-0.3, -0.25) is 9.59 Å². The summed E-state index contributed by atoms with van der Waals surface area (Å²) in [5, 5.41) is 0. The maximum atomic E-state index is 12.3. The Kier molecular flexibility index (Phi) is 5.67. The van der Waals surface area contributed by atoms with Crippen LogP contribution in [0.2, 0.25) is 0 Å². The smallest absolute Gasteiger partial charge is 0.302 e. The fourth-order valence-corrected chi connectivity index (χ4v) is 9.19. The summed E-state index contributed by atoms with van der Waals surface area (Å²) >= 11 is 0. The van der Waals surface area contributed by atoms with Gasteiger partial charge in [-0.15, -0.1) is 0 Å². The molecular formula is C29H44O4. The number of carbonyl (C=O) groups is 2. The lowest BCUT2D eigenvalue weighted by Crippen LogP contribution is -2.57. The molecule has 33 heavy (non-hydrogen) atoms. The third kappa shape index (κ3) is 3.74. The van der Waals surface area contributed by atoms with Gasteiger partial charge in [0.25, 0.3) is 0 Å². The Bertz CT molecular complexity index is 858. The Labute approximate surface area is 200 Å². The molecule has 1 saturated heterocycles. The van der Waals surface area contributed by atoms with Crippen molar-refractivity contribution in [1.82, 2.24) is 0 Å². The van der Waals surface area contributed by atoms with Crippen molar-refractivity contribution in [2.75, 3.05) is 0 Å². The lowest BCUT2D eigenvalue weighted by Gasteiger charge is -2.60. The predicted molar refractivity (Wildman–Crippen MR) is 128 cm³/mol. The number of ether oxygens (including phenoxy) is 2. The zero-order valence-corrected chi connectivity index (χ0v) is 21.6. The second-order valence-electron chi connectivity index (χ2n) is 13.1. The van der Waals surface area contributed by atoms with Crippen molar-refractivity contribution in [2.45, 2.75) is 117 Å². The van der Waals surface area contributed by atoms with Crippen LogP contribution in [0, 0.1) is 40.4 Å². The predicted octanol–water partition coefficient (Wildman–Crippen LogP) is 6.27. The Morgan fingerprint density at radius 1 is 1.15 bits per heavy atom. The largest absolute Gasteiger partial charge is 0.462 e. The molecule has 0 N–H and O–H groups in total. The van der Waals surface area contributed by atoms with E-state index in [1.165, 1.54) is 31.3 Å². The SMILES string of the molecule is CC(=O)O[C@@H]1C[C@H]2[C@@H](CCC3=CC(=O)CC[C@@]32C)[C@@H]2CC[C@H]([C@H](C)CC[C@@H]3OC3(C)C)[C@@]12C. The highest BCUT2D eigenvalue weighted by molar-refractivity contribution is 5.91. The van der Waals surface area contributed by atoms with E-state index in [0.717, 1.165) is 25.7 Å². The van der Waals surface area contributed by atoms with Crippen LogP contribution in [0.5, 0.6) is 0 Å². The van der Waals surface area contributed by atoms with Gasteiger partial charge in [-0.05, 0) is 106 Å². The van der Waals surface area contributed by atoms with Crippen molar-refractivity contribution in [2.24, 2.45) is 40.4 Å². The van der Waals surface area contributed by atoms with Gasteiger partial charge in [0.2, 0.25) is 0 Å². The lowest BCUT2D eigenvalue weighted by atomic mass is 9.45. The molecule has 184 valence electrons. The third-order valence-corrected chi connectivity index (χ3v) is 11.2. The number of hydrogen-bond acceptors (Lipinski definition) is 4. The van der Waals surface area contributed by atoms with Crippen LogP contribution in [-0.2, 0) is 19.1 Å². The van der Waals surface area contributed by atoms with Gasteiger partial charge in [-0.2, -0.15) is 0 Å². The minimum Gasteiger partial charge on any atom is -0.462 e. The van der Waals surface area contributed by atoms with Gasteiger partial charge >= 0.3 is 5.97 Å². The molecule has 0 aromatic rings. The van der Waals surface area contributed by atoms with Crippen molar-refractivity contribution in [1.29, 1.82) is 0 Å². The molecule has 0 spiro atoms. The highest BCUT2D eigenvalue weighted by atomic mass is 16.6. The van der Waals surface area contributed by atoms with Crippen molar-refractivity contribution >= 4 is 11.8 Å². The van der Waals surface area contributed by atoms with Crippen molar-refractivity contribution in [3.63, 3.8) is 0 Å². The zero-order valence-electron chi connectivity index (χ0n) is 21.6. The topological polar surface area (TPSA) is 55.9 Å². The van der Waals surface area contributed by atoms with E-state index in [0.29, 0.717) is 47.9 Å². The molecule has 4 fully saturated rings. The monoisotopic (exact) mass is 456 g/mol. The number of hydrogen-bond donors (Lipinski definition) is 0. The summed E-state index contributed by atoms with van der Waals surface area (Å²) in [5.74, 6) is 3.17. The summed E-state index contributed by atoms with van der Waals surface area (Å²) in [4.78, 5) is 24.5. The van der Waals surface area contributed by atoms with E-state index in [9.17, 15) is 9.59 Å². The van der Waals surface area contributed by atoms with Crippen LogP contribution >= 0.6 is 0 Å². The van der Waals surface area contributed by atoms with Crippen LogP contribution in [-0.4, -0.2) is 29.6 Å². The first kappa shape index (κ1) is 23.6. The molecule has 4 nitrogen and oxygen atoms in total. The Morgan fingerprint density at radius 2 is 1.88 bits per heavy atom. The quantitative estimate of drug-likeness (QED) is 0.361. The third-order valence-electron chi connectivity index (χ3n) is 11.2. The Balaban J connectivity index is 1.42. The summed E-state index contributed by atoms with van der Waals surface area (Å²) in [5.41, 5.74) is 1.58. The molecular weight excluding hydrogens is 412 g/mol. The van der Waals surface area contributed by atoms with E-state index >= 15 is 0 Å². The highest BCUT2D eigenvalue weighted by Crippen LogP contribution is 2.68. The maximum Gasteiger partial charge on any atom is 0.302 e. The fraction of sp³-hybridized carbons (Fsp3) is 0.862. The second kappa shape index (κ2) is 7.93. The molecule has 0 amide bonds. The molecule has 0 aromatic carbocycles. The normalized spacial score (nSPS) is 46.5. The standard InChI is InChI=1S/C29H44O4/c1-17(7-12-25-27(3,4)33-25)22-10-11-23-21-9-8-19-15-20(31)13-14-28(19,5)24(21)16-26(29(22,23)6)32-18(2)30/h15,17,21-26H,7-14,16H2,1-6H3/t17-,21+,22-,23+,24+,25+,26-,28+,29-/m1/s1. The minimum atomic E-state index is -0.139. The fourth-order valence-electron chi connectivity index (χ4n) is 9.19. The first-order valence-electron chi connectivity index (χ1n) is 13.6. The average molecular weight is 457 g/mol. The van der Waals surface area contributed by atoms with E-state index in [1.54, 1.807) is 6.92 Å². The highest BCUT2D eigenvalue weighted by Gasteiger charge is 2.64. The Morgan fingerprint density at radius 3 is 2.55 bits per heavy atom. The van der Waals surface area contributed by atoms with Crippen molar-refractivity contribution in [3.05, 3.63) is 11.6 Å². The molecule has 1 aliphatic heterocycles. The van der Waals surface area contributed by atoms with E-state index < -0.39 is 0 Å². The number of fused-ring (bicyclic) bond motifs is 5. The molecule has 0 bridgehead atoms. The van der Waals surface area contributed by atoms with Crippen molar-refractivity contribution in [3.8, 4) is 0 Å². The summed E-state index contributed by atoms with van der Waals surface area (Å²) < 4.78 is 12.1. The van der Waals surface area contributed by atoms with Gasteiger partial charge in [0.1, 0.15) is 6.10 Å². The number of esters is 1. The zero-order chi connectivity index (χ0) is 23.8. The average Bonchev–Trinajstić information content (AvgIpc) is 3.18. The molecule has 3 saturated carbocycles. The van der Waals surface area contributed by atoms with Gasteiger partial charge in [-0.25, -0.2) is 0 Å². The number of carbonyl (C=O) groups excluding carboxylic acids is 2. The molecule has 9 atom stereocenters. The van der Waals surface area contributed by atoms with E-state index in [4.69, 9.17) is 9.47 Å². The van der Waals surface area contributed by atoms with Gasteiger partial charge in [0.15, 0.2) is 5.78 Å². The molecule has 0 unspecified atom stereocenters. The van der Waals surface area contributed by atoms with Crippen LogP contribution in [0.3, 0.4) is 0 Å². The molecule has 5 aliphatic rings. The van der Waals surface area contributed by atoms with Crippen molar-refractivity contribution < 1.29 is 19.1 Å². The summed E-state index contributed by atoms with van der Waals surface area (Å²) in [6.07, 6.45) is 12.0. The Hall–Kier alpha value is -1.16. The summed E-state index contributed by atoms with van der Waals surface area (Å²) in [6, 6.07) is 0. The number of epoxide rings is 1. The number of allylic oxidation sites excluding steroid dienone is 1. The maximum absolute atomic E-state index is 12.3. The first-order valence-corrected chi connectivity index (χ1v) is 13.6. The molecule has 4 heteroatoms. The van der Waals surface area contributed by atoms with Gasteiger partial charge in [0.05, 0.1) is 11.7 Å². The lowest BCUT2D eigenvalue weighted by molar-refractivity contribution is -0.181. The van der Waals surface area contributed by atoms with Crippen LogP contribution in [0.4, 0.5) is 0 Å². The number of ketones is 1. The molecule has 4 aliphatic carbocycles. The van der Waals surface area contributed by atoms with Gasteiger partial charge < -0.3 is 9.47 Å². The van der Waals surface area contributed by atoms with Crippen LogP contribution in [0.15, 0.2) is 11.6 Å². The van der Waals surface area contributed by atoms with E-state index in [-0.39, 0.29) is 28.5 Å². The van der Waals surface area contributed by atoms with Gasteiger partial charge in [-0.1, -0.05) is 26.3 Å². The summed E-state index contributed by atoms with van der Waals surface area (Å²) in [7, 11) is 0. The van der Waals surface area contributed by atoms with E-state index in [1.807, 2.05) is 6.08 Å². The molecule has 1 heterocycles. The van der Waals surface area contributed by atoms with Gasteiger partial charge in [0, 0.05) is 18.8 Å². The molecule has 0 radical (unpaired) electrons. The van der Waals surface area contributed by atoms with Crippen LogP contribution in [0.1, 0.15) is 99.3 Å². The van der Waals surface area contributed by atoms with Crippen LogP contribution < -0.4 is 0 Å². The van der Waals surface area contributed by atoms with Crippen LogP contribution in [0.25, 0.3) is 0 Å². The molecule has 5 rings (SSSR count).